The summed E-state index contributed by atoms with van der Waals surface area (Å²) < 4.78 is 17.5. The molecule has 1 aromatic carbocycles. The van der Waals surface area contributed by atoms with E-state index in [0.29, 0.717) is 23.7 Å². The number of aromatic nitrogens is 4. The lowest BCUT2D eigenvalue weighted by Gasteiger charge is -2.19. The van der Waals surface area contributed by atoms with E-state index in [1.807, 2.05) is 21.5 Å². The highest BCUT2D eigenvalue weighted by atomic mass is 35.5. The lowest BCUT2D eigenvalue weighted by molar-refractivity contribution is -0.117. The number of halogens is 2. The van der Waals surface area contributed by atoms with Gasteiger partial charge < -0.3 is 14.5 Å². The van der Waals surface area contributed by atoms with Crippen LogP contribution in [0.1, 0.15) is 5.56 Å². The first-order chi connectivity index (χ1) is 12.6. The van der Waals surface area contributed by atoms with Gasteiger partial charge in [0.05, 0.1) is 18.7 Å². The maximum Gasteiger partial charge on any atom is 0.244 e. The highest BCUT2D eigenvalue weighted by molar-refractivity contribution is 6.30. The molecule has 0 saturated heterocycles. The fourth-order valence-corrected chi connectivity index (χ4v) is 2.66. The lowest BCUT2D eigenvalue weighted by Crippen LogP contribution is -2.39. The minimum absolute atomic E-state index is 0.189. The molecule has 0 aliphatic rings. The van der Waals surface area contributed by atoms with Crippen molar-refractivity contribution >= 4 is 23.6 Å². The summed E-state index contributed by atoms with van der Waals surface area (Å²) in [5.41, 5.74) is 0.297. The third kappa shape index (κ3) is 5.03. The monoisotopic (exact) mass is 373 g/mol. The van der Waals surface area contributed by atoms with Crippen molar-refractivity contribution in [3.8, 4) is 0 Å². The van der Waals surface area contributed by atoms with Gasteiger partial charge >= 0.3 is 0 Å². The number of nitrogens with zero attached hydrogens (tertiary/aromatic N) is 4. The van der Waals surface area contributed by atoms with E-state index < -0.39 is 5.82 Å². The van der Waals surface area contributed by atoms with Crippen molar-refractivity contribution in [2.45, 2.75) is 19.1 Å². The number of hydrogen-bond acceptors (Lipinski definition) is 3. The number of carbonyl (C=O) groups excluding carboxylic acids is 1. The number of benzene rings is 1. The van der Waals surface area contributed by atoms with Gasteiger partial charge in [-0.05, 0) is 18.2 Å². The maximum atomic E-state index is 13.8. The van der Waals surface area contributed by atoms with Gasteiger partial charge in [-0.15, -0.1) is 0 Å². The predicted octanol–water partition coefficient (Wildman–Crippen LogP) is 2.77. The fraction of sp³-hybridized carbons (Fsp3) is 0.167. The molecule has 1 amide bonds. The van der Waals surface area contributed by atoms with Crippen LogP contribution in [-0.4, -0.2) is 31.1 Å². The van der Waals surface area contributed by atoms with Crippen LogP contribution >= 0.6 is 11.6 Å². The Morgan fingerprint density at radius 1 is 1.19 bits per heavy atom. The number of hydrogen-bond donors (Lipinski definition) is 1. The summed E-state index contributed by atoms with van der Waals surface area (Å²) in [6.07, 6.45) is 13.1. The topological polar surface area (TPSA) is 64.7 Å². The van der Waals surface area contributed by atoms with Crippen molar-refractivity contribution in [2.75, 3.05) is 0 Å². The van der Waals surface area contributed by atoms with E-state index in [0.717, 1.165) is 0 Å². The molecule has 2 aromatic heterocycles. The molecule has 0 spiro atoms. The second-order valence-corrected chi connectivity index (χ2v) is 6.16. The average molecular weight is 374 g/mol. The molecular weight excluding hydrogens is 357 g/mol. The normalized spacial score (nSPS) is 11.3. The molecule has 0 atom stereocenters. The smallest absolute Gasteiger partial charge is 0.244 e. The molecule has 8 heteroatoms. The van der Waals surface area contributed by atoms with E-state index in [9.17, 15) is 9.18 Å². The van der Waals surface area contributed by atoms with E-state index in [2.05, 4.69) is 15.3 Å². The molecule has 3 rings (SSSR count). The third-order valence-electron chi connectivity index (χ3n) is 3.70. The Hall–Kier alpha value is -2.93. The number of carbonyl (C=O) groups is 1. The van der Waals surface area contributed by atoms with E-state index in [4.69, 9.17) is 11.6 Å². The summed E-state index contributed by atoms with van der Waals surface area (Å²) >= 11 is 5.73. The van der Waals surface area contributed by atoms with Crippen LogP contribution in [-0.2, 0) is 17.9 Å². The summed E-state index contributed by atoms with van der Waals surface area (Å²) in [6, 6.07) is 4.12. The highest BCUT2D eigenvalue weighted by Gasteiger charge is 2.12. The molecule has 0 aliphatic heterocycles. The second kappa shape index (κ2) is 8.44. The molecule has 0 bridgehead atoms. The van der Waals surface area contributed by atoms with Crippen molar-refractivity contribution in [1.29, 1.82) is 0 Å². The quantitative estimate of drug-likeness (QED) is 0.648. The summed E-state index contributed by atoms with van der Waals surface area (Å²) in [5.74, 6) is -0.792. The van der Waals surface area contributed by atoms with Crippen molar-refractivity contribution < 1.29 is 9.18 Å². The second-order valence-electron chi connectivity index (χ2n) is 5.72. The van der Waals surface area contributed by atoms with Crippen molar-refractivity contribution in [2.24, 2.45) is 0 Å². The summed E-state index contributed by atoms with van der Waals surface area (Å²) in [7, 11) is 0. The Balaban J connectivity index is 1.66. The van der Waals surface area contributed by atoms with E-state index in [-0.39, 0.29) is 11.9 Å². The largest absolute Gasteiger partial charge is 0.346 e. The van der Waals surface area contributed by atoms with Crippen molar-refractivity contribution in [3.05, 3.63) is 78.1 Å². The van der Waals surface area contributed by atoms with Gasteiger partial charge in [0.2, 0.25) is 5.91 Å². The zero-order chi connectivity index (χ0) is 18.4. The van der Waals surface area contributed by atoms with Gasteiger partial charge in [-0.25, -0.2) is 14.4 Å². The molecule has 0 saturated carbocycles. The van der Waals surface area contributed by atoms with Gasteiger partial charge in [0, 0.05) is 54.5 Å². The molecule has 0 radical (unpaired) electrons. The summed E-state index contributed by atoms with van der Waals surface area (Å²) in [4.78, 5) is 20.3. The Kier molecular flexibility index (Phi) is 5.80. The molecule has 0 aliphatic carbocycles. The van der Waals surface area contributed by atoms with E-state index >= 15 is 0 Å². The molecule has 134 valence electrons. The van der Waals surface area contributed by atoms with Crippen LogP contribution in [0.3, 0.4) is 0 Å². The van der Waals surface area contributed by atoms with Gasteiger partial charge in [-0.1, -0.05) is 17.7 Å². The molecule has 0 unspecified atom stereocenters. The first kappa shape index (κ1) is 17.9. The Bertz CT molecular complexity index is 841. The predicted molar refractivity (Wildman–Crippen MR) is 96.8 cm³/mol. The number of rotatable bonds is 7. The molecule has 0 fully saturated rings. The highest BCUT2D eigenvalue weighted by Crippen LogP contribution is 2.15. The number of nitrogens with one attached hydrogen (secondary N) is 1. The molecule has 6 nitrogen and oxygen atoms in total. The van der Waals surface area contributed by atoms with Gasteiger partial charge in [0.15, 0.2) is 0 Å². The van der Waals surface area contributed by atoms with E-state index in [1.54, 1.807) is 31.1 Å². The van der Waals surface area contributed by atoms with Crippen LogP contribution in [0.25, 0.3) is 6.08 Å². The van der Waals surface area contributed by atoms with Gasteiger partial charge in [0.1, 0.15) is 5.82 Å². The maximum absolute atomic E-state index is 13.8. The van der Waals surface area contributed by atoms with E-state index in [1.165, 1.54) is 24.3 Å². The first-order valence-electron chi connectivity index (χ1n) is 7.95. The van der Waals surface area contributed by atoms with Crippen LogP contribution in [0.4, 0.5) is 4.39 Å². The Morgan fingerprint density at radius 2 is 1.85 bits per heavy atom. The fourth-order valence-electron chi connectivity index (χ4n) is 2.50. The zero-order valence-corrected chi connectivity index (χ0v) is 14.6. The van der Waals surface area contributed by atoms with Crippen LogP contribution in [0.5, 0.6) is 0 Å². The van der Waals surface area contributed by atoms with Crippen molar-refractivity contribution in [1.82, 2.24) is 24.4 Å². The number of amides is 1. The standard InChI is InChI=1S/C18H17ClFN5O/c19-15-3-1-14(17(20)9-15)2-4-18(26)23-16(10-24-7-5-21-12-24)11-25-8-6-22-13-25/h1-9,12-13,16H,10-11H2,(H,23,26). The summed E-state index contributed by atoms with van der Waals surface area (Å²) in [6.45, 7) is 1.10. The minimum atomic E-state index is -0.477. The molecule has 3 aromatic rings. The van der Waals surface area contributed by atoms with Gasteiger partial charge in [-0.2, -0.15) is 0 Å². The molecule has 2 heterocycles. The molecule has 26 heavy (non-hydrogen) atoms. The average Bonchev–Trinajstić information content (AvgIpc) is 3.28. The SMILES string of the molecule is O=C(C=Cc1ccc(Cl)cc1F)NC(Cn1ccnc1)Cn1ccnc1. The lowest BCUT2D eigenvalue weighted by atomic mass is 10.2. The Labute approximate surface area is 155 Å². The minimum Gasteiger partial charge on any atom is -0.346 e. The van der Waals surface area contributed by atoms with Crippen LogP contribution in [0.2, 0.25) is 5.02 Å². The van der Waals surface area contributed by atoms with Crippen molar-refractivity contribution in [3.63, 3.8) is 0 Å². The van der Waals surface area contributed by atoms with Crippen LogP contribution < -0.4 is 5.32 Å². The Morgan fingerprint density at radius 3 is 2.38 bits per heavy atom. The first-order valence-corrected chi connectivity index (χ1v) is 8.33. The third-order valence-corrected chi connectivity index (χ3v) is 3.94. The summed E-state index contributed by atoms with van der Waals surface area (Å²) in [5, 5.41) is 3.23. The van der Waals surface area contributed by atoms with Gasteiger partial charge in [0.25, 0.3) is 0 Å². The zero-order valence-electron chi connectivity index (χ0n) is 13.8. The van der Waals surface area contributed by atoms with Gasteiger partial charge in [-0.3, -0.25) is 4.79 Å². The number of imidazole rings is 2. The van der Waals surface area contributed by atoms with Crippen LogP contribution in [0, 0.1) is 5.82 Å². The van der Waals surface area contributed by atoms with Crippen LogP contribution in [0.15, 0.2) is 61.7 Å². The molecular formula is C18H17ClFN5O. The molecule has 1 N–H and O–H groups in total.